The van der Waals surface area contributed by atoms with Gasteiger partial charge in [0, 0.05) is 23.6 Å². The zero-order valence-corrected chi connectivity index (χ0v) is 16.8. The van der Waals surface area contributed by atoms with E-state index in [1.54, 1.807) is 12.1 Å². The van der Waals surface area contributed by atoms with E-state index in [-0.39, 0.29) is 22.3 Å². The molecule has 2 aromatic rings. The van der Waals surface area contributed by atoms with Crippen LogP contribution in [0.2, 0.25) is 0 Å². The smallest absolute Gasteiger partial charge is 0.311 e. The maximum Gasteiger partial charge on any atom is 0.311 e. The van der Waals surface area contributed by atoms with Gasteiger partial charge in [-0.15, -0.1) is 0 Å². The summed E-state index contributed by atoms with van der Waals surface area (Å²) >= 11 is 0. The molecule has 144 valence electrons. The zero-order chi connectivity index (χ0) is 20.1. The van der Waals surface area contributed by atoms with Crippen molar-refractivity contribution < 1.29 is 14.8 Å². The SMILES string of the molecule is CC(C)(C)c1cc2c(c(C(C)(C)C)c1)OC(c1cccc([N+](=O)[O-])c1O)C2. The van der Waals surface area contributed by atoms with E-state index in [4.69, 9.17) is 4.74 Å². The van der Waals surface area contributed by atoms with Gasteiger partial charge in [0.2, 0.25) is 5.75 Å². The van der Waals surface area contributed by atoms with Gasteiger partial charge in [0.05, 0.1) is 4.92 Å². The molecular weight excluding hydrogens is 342 g/mol. The molecule has 0 radical (unpaired) electrons. The fraction of sp³-hybridized carbons (Fsp3) is 0.455. The Kier molecular flexibility index (Phi) is 4.45. The van der Waals surface area contributed by atoms with Crippen molar-refractivity contribution in [2.24, 2.45) is 0 Å². The summed E-state index contributed by atoms with van der Waals surface area (Å²) in [7, 11) is 0. The Hall–Kier alpha value is -2.56. The highest BCUT2D eigenvalue weighted by Crippen LogP contribution is 2.47. The molecule has 0 aromatic heterocycles. The second-order valence-electron chi connectivity index (χ2n) is 9.29. The second-order valence-corrected chi connectivity index (χ2v) is 9.29. The predicted molar refractivity (Wildman–Crippen MR) is 106 cm³/mol. The molecule has 0 saturated carbocycles. The highest BCUT2D eigenvalue weighted by molar-refractivity contribution is 5.56. The Morgan fingerprint density at radius 1 is 1.11 bits per heavy atom. The van der Waals surface area contributed by atoms with E-state index in [1.807, 2.05) is 0 Å². The van der Waals surface area contributed by atoms with Crippen LogP contribution < -0.4 is 4.74 Å². The summed E-state index contributed by atoms with van der Waals surface area (Å²) in [5.74, 6) is 0.528. The van der Waals surface area contributed by atoms with Crippen LogP contribution in [0.15, 0.2) is 30.3 Å². The first kappa shape index (κ1) is 19.2. The molecule has 1 aliphatic rings. The molecule has 1 aliphatic heterocycles. The van der Waals surface area contributed by atoms with E-state index in [0.717, 1.165) is 16.9 Å². The van der Waals surface area contributed by atoms with Gasteiger partial charge in [-0.05, 0) is 22.0 Å². The third kappa shape index (κ3) is 3.51. The minimum Gasteiger partial charge on any atom is -0.502 e. The topological polar surface area (TPSA) is 72.6 Å². The summed E-state index contributed by atoms with van der Waals surface area (Å²) in [5.41, 5.74) is 3.50. The Labute approximate surface area is 160 Å². The third-order valence-corrected chi connectivity index (χ3v) is 5.09. The number of rotatable bonds is 2. The molecule has 5 heteroatoms. The predicted octanol–water partition coefficient (Wildman–Crippen LogP) is 5.57. The van der Waals surface area contributed by atoms with Gasteiger partial charge < -0.3 is 9.84 Å². The Balaban J connectivity index is 2.09. The quantitative estimate of drug-likeness (QED) is 0.555. The second kappa shape index (κ2) is 6.25. The minimum atomic E-state index is -0.570. The monoisotopic (exact) mass is 369 g/mol. The maximum absolute atomic E-state index is 11.2. The molecule has 0 bridgehead atoms. The number of phenolic OH excluding ortho intramolecular Hbond substituents is 1. The molecular formula is C22H27NO4. The van der Waals surface area contributed by atoms with Crippen LogP contribution in [0.25, 0.3) is 0 Å². The standard InChI is InChI=1S/C22H27NO4/c1-21(2,3)14-10-13-11-18(27-20(13)16(12-14)22(4,5)6)15-8-7-9-17(19(15)24)23(25)26/h7-10,12,18,24H,11H2,1-6H3. The van der Waals surface area contributed by atoms with Gasteiger partial charge in [0.1, 0.15) is 11.9 Å². The minimum absolute atomic E-state index is 0.000783. The number of ether oxygens (including phenoxy) is 1. The number of nitro benzene ring substituents is 1. The lowest BCUT2D eigenvalue weighted by Crippen LogP contribution is -2.17. The normalized spacial score (nSPS) is 16.7. The average molecular weight is 369 g/mol. The van der Waals surface area contributed by atoms with Crippen molar-refractivity contribution in [2.75, 3.05) is 0 Å². The van der Waals surface area contributed by atoms with Crippen LogP contribution in [-0.2, 0) is 17.3 Å². The van der Waals surface area contributed by atoms with Crippen molar-refractivity contribution >= 4 is 5.69 Å². The lowest BCUT2D eigenvalue weighted by Gasteiger charge is -2.27. The van der Waals surface area contributed by atoms with Crippen LogP contribution in [-0.4, -0.2) is 10.0 Å². The van der Waals surface area contributed by atoms with Gasteiger partial charge in [-0.3, -0.25) is 10.1 Å². The van der Waals surface area contributed by atoms with Crippen LogP contribution in [0.5, 0.6) is 11.5 Å². The van der Waals surface area contributed by atoms with Crippen LogP contribution in [0.1, 0.15) is 69.9 Å². The zero-order valence-electron chi connectivity index (χ0n) is 16.8. The van der Waals surface area contributed by atoms with Crippen molar-refractivity contribution in [2.45, 2.75) is 64.9 Å². The van der Waals surface area contributed by atoms with Crippen molar-refractivity contribution in [3.63, 3.8) is 0 Å². The summed E-state index contributed by atoms with van der Waals surface area (Å²) < 4.78 is 6.25. The first-order valence-electron chi connectivity index (χ1n) is 9.20. The number of phenols is 1. The Morgan fingerprint density at radius 2 is 1.78 bits per heavy atom. The van der Waals surface area contributed by atoms with Crippen molar-refractivity contribution in [1.29, 1.82) is 0 Å². The van der Waals surface area contributed by atoms with E-state index in [1.165, 1.54) is 11.6 Å². The van der Waals surface area contributed by atoms with Gasteiger partial charge >= 0.3 is 5.69 Å². The number of hydrogen-bond acceptors (Lipinski definition) is 4. The van der Waals surface area contributed by atoms with Crippen LogP contribution in [0.3, 0.4) is 0 Å². The molecule has 1 unspecified atom stereocenters. The van der Waals surface area contributed by atoms with Gasteiger partial charge in [-0.25, -0.2) is 0 Å². The molecule has 1 heterocycles. The maximum atomic E-state index is 11.2. The first-order chi connectivity index (χ1) is 12.4. The highest BCUT2D eigenvalue weighted by atomic mass is 16.6. The van der Waals surface area contributed by atoms with E-state index >= 15 is 0 Å². The molecule has 3 rings (SSSR count). The molecule has 2 aromatic carbocycles. The van der Waals surface area contributed by atoms with E-state index in [0.29, 0.717) is 12.0 Å². The molecule has 0 amide bonds. The van der Waals surface area contributed by atoms with Gasteiger partial charge in [0.25, 0.3) is 0 Å². The van der Waals surface area contributed by atoms with E-state index in [2.05, 4.69) is 53.7 Å². The van der Waals surface area contributed by atoms with Crippen LogP contribution >= 0.6 is 0 Å². The van der Waals surface area contributed by atoms with Crippen molar-refractivity contribution in [3.8, 4) is 11.5 Å². The Morgan fingerprint density at radius 3 is 2.33 bits per heavy atom. The number of hydrogen-bond donors (Lipinski definition) is 1. The number of benzene rings is 2. The molecule has 0 fully saturated rings. The molecule has 1 atom stereocenters. The summed E-state index contributed by atoms with van der Waals surface area (Å²) in [6, 6.07) is 8.96. The van der Waals surface area contributed by atoms with Crippen molar-refractivity contribution in [3.05, 3.63) is 62.7 Å². The van der Waals surface area contributed by atoms with Gasteiger partial charge in [-0.1, -0.05) is 65.8 Å². The molecule has 0 saturated heterocycles. The molecule has 27 heavy (non-hydrogen) atoms. The molecule has 1 N–H and O–H groups in total. The molecule has 0 aliphatic carbocycles. The highest BCUT2D eigenvalue weighted by Gasteiger charge is 2.35. The molecule has 0 spiro atoms. The number of nitro groups is 1. The third-order valence-electron chi connectivity index (χ3n) is 5.09. The molecule has 5 nitrogen and oxygen atoms in total. The summed E-state index contributed by atoms with van der Waals surface area (Å²) in [6.45, 7) is 13.0. The fourth-order valence-electron chi connectivity index (χ4n) is 3.48. The lowest BCUT2D eigenvalue weighted by atomic mass is 9.79. The van der Waals surface area contributed by atoms with E-state index < -0.39 is 11.0 Å². The van der Waals surface area contributed by atoms with Crippen LogP contribution in [0, 0.1) is 10.1 Å². The largest absolute Gasteiger partial charge is 0.502 e. The fourth-order valence-corrected chi connectivity index (χ4v) is 3.48. The summed E-state index contributed by atoms with van der Waals surface area (Å²) in [4.78, 5) is 10.6. The number of fused-ring (bicyclic) bond motifs is 1. The summed E-state index contributed by atoms with van der Waals surface area (Å²) in [6.07, 6.45) is 0.146. The average Bonchev–Trinajstić information content (AvgIpc) is 2.95. The number of para-hydroxylation sites is 1. The Bertz CT molecular complexity index is 904. The number of nitrogens with zero attached hydrogens (tertiary/aromatic N) is 1. The van der Waals surface area contributed by atoms with Gasteiger partial charge in [0.15, 0.2) is 0 Å². The lowest BCUT2D eigenvalue weighted by molar-refractivity contribution is -0.386. The number of aromatic hydroxyl groups is 1. The van der Waals surface area contributed by atoms with E-state index in [9.17, 15) is 15.2 Å². The van der Waals surface area contributed by atoms with Gasteiger partial charge in [-0.2, -0.15) is 0 Å². The van der Waals surface area contributed by atoms with Crippen molar-refractivity contribution in [1.82, 2.24) is 0 Å². The summed E-state index contributed by atoms with van der Waals surface area (Å²) in [5, 5.41) is 21.5. The van der Waals surface area contributed by atoms with Crippen LogP contribution in [0.4, 0.5) is 5.69 Å². The first-order valence-corrected chi connectivity index (χ1v) is 9.20.